The van der Waals surface area contributed by atoms with E-state index in [1.54, 1.807) is 6.92 Å². The highest BCUT2D eigenvalue weighted by Crippen LogP contribution is 2.09. The molecule has 0 spiro atoms. The van der Waals surface area contributed by atoms with E-state index in [4.69, 9.17) is 9.29 Å². The number of esters is 1. The molecule has 0 amide bonds. The van der Waals surface area contributed by atoms with E-state index in [1.165, 1.54) is 0 Å². The van der Waals surface area contributed by atoms with Crippen LogP contribution < -0.4 is 0 Å². The maximum absolute atomic E-state index is 10.8. The van der Waals surface area contributed by atoms with E-state index >= 15 is 0 Å². The Bertz CT molecular complexity index is 324. The molecule has 0 radical (unpaired) electrons. The molecule has 0 aliphatic rings. The molecule has 0 aliphatic heterocycles. The van der Waals surface area contributed by atoms with Gasteiger partial charge in [0.25, 0.3) is 10.1 Å². The average Bonchev–Trinajstić information content (AvgIpc) is 2.34. The normalized spacial score (nSPS) is 11.5. The van der Waals surface area contributed by atoms with Gasteiger partial charge in [0.1, 0.15) is 0 Å². The largest absolute Gasteiger partial charge is 0.466 e. The Hall–Kier alpha value is -0.620. The number of ether oxygens (including phenoxy) is 1. The van der Waals surface area contributed by atoms with Crippen molar-refractivity contribution in [3.05, 3.63) is 0 Å². The van der Waals surface area contributed by atoms with Gasteiger partial charge in [-0.1, -0.05) is 45.4 Å². The predicted molar refractivity (Wildman–Crippen MR) is 74.6 cm³/mol. The third-order valence-electron chi connectivity index (χ3n) is 2.85. The molecule has 0 aromatic heterocycles. The Kier molecular flexibility index (Phi) is 10.9. The maximum Gasteiger partial charge on any atom is 0.305 e. The monoisotopic (exact) mass is 294 g/mol. The number of rotatable bonds is 12. The molecule has 0 heterocycles. The Balaban J connectivity index is 3.13. The minimum atomic E-state index is -3.78. The molecule has 5 nitrogen and oxygen atoms in total. The summed E-state index contributed by atoms with van der Waals surface area (Å²) in [5.41, 5.74) is 0. The predicted octanol–water partition coefficient (Wildman–Crippen LogP) is 2.95. The number of hydrogen-bond acceptors (Lipinski definition) is 4. The topological polar surface area (TPSA) is 80.7 Å². The van der Waals surface area contributed by atoms with Gasteiger partial charge in [-0.15, -0.1) is 0 Å². The molecular formula is C13H26O5S. The fourth-order valence-electron chi connectivity index (χ4n) is 1.74. The molecule has 19 heavy (non-hydrogen) atoms. The second-order valence-corrected chi connectivity index (χ2v) is 6.26. The van der Waals surface area contributed by atoms with E-state index < -0.39 is 10.1 Å². The first-order valence-corrected chi connectivity index (χ1v) is 8.67. The summed E-state index contributed by atoms with van der Waals surface area (Å²) in [5, 5.41) is 0. The summed E-state index contributed by atoms with van der Waals surface area (Å²) in [4.78, 5) is 10.8. The number of hydrogen-bond donors (Lipinski definition) is 1. The molecule has 6 heteroatoms. The third-order valence-corrected chi connectivity index (χ3v) is 3.65. The zero-order valence-corrected chi connectivity index (χ0v) is 12.6. The van der Waals surface area contributed by atoms with Crippen molar-refractivity contribution in [1.82, 2.24) is 0 Å². The van der Waals surface area contributed by atoms with Crippen LogP contribution in [-0.2, 0) is 19.6 Å². The smallest absolute Gasteiger partial charge is 0.305 e. The Morgan fingerprint density at radius 2 is 1.42 bits per heavy atom. The van der Waals surface area contributed by atoms with Gasteiger partial charge in [0.2, 0.25) is 0 Å². The van der Waals surface area contributed by atoms with Gasteiger partial charge in [0.15, 0.2) is 0 Å². The molecule has 0 fully saturated rings. The van der Waals surface area contributed by atoms with Crippen molar-refractivity contribution in [3.8, 4) is 0 Å². The maximum atomic E-state index is 10.8. The first-order valence-electron chi connectivity index (χ1n) is 7.06. The highest BCUT2D eigenvalue weighted by molar-refractivity contribution is 7.85. The molecule has 0 aromatic rings. The van der Waals surface area contributed by atoms with Crippen LogP contribution in [0.3, 0.4) is 0 Å². The van der Waals surface area contributed by atoms with Gasteiger partial charge >= 0.3 is 5.97 Å². The lowest BCUT2D eigenvalue weighted by Gasteiger charge is -2.03. The van der Waals surface area contributed by atoms with Crippen LogP contribution in [0.4, 0.5) is 0 Å². The van der Waals surface area contributed by atoms with Gasteiger partial charge in [-0.3, -0.25) is 9.35 Å². The van der Waals surface area contributed by atoms with Crippen molar-refractivity contribution in [3.63, 3.8) is 0 Å². The fourth-order valence-corrected chi connectivity index (χ4v) is 2.30. The molecule has 0 atom stereocenters. The molecular weight excluding hydrogens is 268 g/mol. The summed E-state index contributed by atoms with van der Waals surface area (Å²) in [6, 6.07) is 0. The van der Waals surface area contributed by atoms with Crippen LogP contribution in [0.25, 0.3) is 0 Å². The first-order chi connectivity index (χ1) is 8.95. The molecule has 0 saturated carbocycles. The summed E-state index contributed by atoms with van der Waals surface area (Å²) in [6.07, 6.45) is 8.09. The molecule has 0 aromatic carbocycles. The van der Waals surface area contributed by atoms with Gasteiger partial charge in [0.05, 0.1) is 12.4 Å². The van der Waals surface area contributed by atoms with E-state index in [1.807, 2.05) is 0 Å². The van der Waals surface area contributed by atoms with Crippen LogP contribution in [0.1, 0.15) is 64.7 Å². The zero-order chi connectivity index (χ0) is 14.6. The van der Waals surface area contributed by atoms with Crippen LogP contribution in [-0.4, -0.2) is 31.3 Å². The summed E-state index contributed by atoms with van der Waals surface area (Å²) in [5.74, 6) is -0.269. The quantitative estimate of drug-likeness (QED) is 0.340. The van der Waals surface area contributed by atoms with Gasteiger partial charge in [-0.05, 0) is 12.8 Å². The van der Waals surface area contributed by atoms with Crippen molar-refractivity contribution in [2.24, 2.45) is 0 Å². The van der Waals surface area contributed by atoms with Crippen molar-refractivity contribution < 1.29 is 22.5 Å². The lowest BCUT2D eigenvalue weighted by atomic mass is 10.1. The van der Waals surface area contributed by atoms with Crippen LogP contribution in [0.2, 0.25) is 0 Å². The number of carbonyl (C=O) groups excluding carboxylic acids is 1. The van der Waals surface area contributed by atoms with Gasteiger partial charge in [0, 0.05) is 6.42 Å². The summed E-state index contributed by atoms with van der Waals surface area (Å²) in [6.45, 7) is 2.30. The van der Waals surface area contributed by atoms with Crippen LogP contribution in [0.5, 0.6) is 0 Å². The second-order valence-electron chi connectivity index (χ2n) is 4.69. The molecule has 0 bridgehead atoms. The summed E-state index contributed by atoms with van der Waals surface area (Å²) >= 11 is 0. The molecule has 0 saturated heterocycles. The van der Waals surface area contributed by atoms with Gasteiger partial charge < -0.3 is 4.74 Å². The van der Waals surface area contributed by atoms with Gasteiger partial charge in [-0.2, -0.15) is 8.42 Å². The minimum Gasteiger partial charge on any atom is -0.466 e. The van der Waals surface area contributed by atoms with Crippen molar-refractivity contribution in [2.45, 2.75) is 64.7 Å². The van der Waals surface area contributed by atoms with E-state index in [0.29, 0.717) is 19.4 Å². The lowest BCUT2D eigenvalue weighted by molar-refractivity contribution is -0.143. The van der Waals surface area contributed by atoms with Crippen molar-refractivity contribution >= 4 is 16.1 Å². The minimum absolute atomic E-state index is 0.129. The fraction of sp³-hybridized carbons (Fsp3) is 0.923. The standard InChI is InChI=1S/C13H26O5S/c1-2-13(14)18-11-9-7-5-3-4-6-8-10-12-19(15,16)17/h2-12H2,1H3,(H,15,16,17). The molecule has 0 rings (SSSR count). The van der Waals surface area contributed by atoms with Gasteiger partial charge in [-0.25, -0.2) is 0 Å². The number of carbonyl (C=O) groups is 1. The number of unbranched alkanes of at least 4 members (excludes halogenated alkanes) is 7. The highest BCUT2D eigenvalue weighted by atomic mass is 32.2. The zero-order valence-electron chi connectivity index (χ0n) is 11.8. The van der Waals surface area contributed by atoms with Crippen LogP contribution in [0, 0.1) is 0 Å². The van der Waals surface area contributed by atoms with E-state index in [9.17, 15) is 13.2 Å². The van der Waals surface area contributed by atoms with E-state index in [2.05, 4.69) is 0 Å². The molecule has 0 aliphatic carbocycles. The highest BCUT2D eigenvalue weighted by Gasteiger charge is 2.02. The van der Waals surface area contributed by atoms with Crippen LogP contribution in [0.15, 0.2) is 0 Å². The summed E-state index contributed by atoms with van der Waals surface area (Å²) in [7, 11) is -3.78. The Morgan fingerprint density at radius 3 is 1.89 bits per heavy atom. The first kappa shape index (κ1) is 18.4. The Labute approximate surface area is 116 Å². The van der Waals surface area contributed by atoms with Crippen molar-refractivity contribution in [2.75, 3.05) is 12.4 Å². The average molecular weight is 294 g/mol. The second kappa shape index (κ2) is 11.2. The van der Waals surface area contributed by atoms with Crippen LogP contribution >= 0.6 is 0 Å². The van der Waals surface area contributed by atoms with Crippen molar-refractivity contribution in [1.29, 1.82) is 0 Å². The SMILES string of the molecule is CCC(=O)OCCCCCCCCCCS(=O)(=O)O. The van der Waals surface area contributed by atoms with E-state index in [0.717, 1.165) is 44.9 Å². The molecule has 1 N–H and O–H groups in total. The summed E-state index contributed by atoms with van der Waals surface area (Å²) < 4.78 is 34.4. The molecule has 0 unspecified atom stereocenters. The van der Waals surface area contributed by atoms with E-state index in [-0.39, 0.29) is 11.7 Å². The lowest BCUT2D eigenvalue weighted by Crippen LogP contribution is -2.03. The Morgan fingerprint density at radius 1 is 0.947 bits per heavy atom. The third kappa shape index (κ3) is 15.3. The molecule has 114 valence electrons.